The third-order valence-corrected chi connectivity index (χ3v) is 4.11. The fraction of sp³-hybridized carbons (Fsp3) is 0.0455. The predicted molar refractivity (Wildman–Crippen MR) is 116 cm³/mol. The molecule has 0 radical (unpaired) electrons. The summed E-state index contributed by atoms with van der Waals surface area (Å²) in [6.45, 7) is 0. The van der Waals surface area contributed by atoms with Crippen LogP contribution < -0.4 is 15.5 Å². The fourth-order valence-corrected chi connectivity index (χ4v) is 2.53. The Hall–Kier alpha value is -4.73. The number of hydrogen-bond donors (Lipinski definition) is 2. The second-order valence-electron chi connectivity index (χ2n) is 6.28. The third-order valence-electron chi connectivity index (χ3n) is 4.11. The Morgan fingerprint density at radius 1 is 1.06 bits per heavy atom. The molecule has 3 rings (SSSR count). The summed E-state index contributed by atoms with van der Waals surface area (Å²) in [7, 11) is 1.54. The first-order valence-electron chi connectivity index (χ1n) is 9.26. The maximum atomic E-state index is 12.7. The molecule has 0 bridgehead atoms. The van der Waals surface area contributed by atoms with Crippen LogP contribution in [0.2, 0.25) is 0 Å². The lowest BCUT2D eigenvalue weighted by Crippen LogP contribution is -2.32. The van der Waals surface area contributed by atoms with Crippen molar-refractivity contribution in [3.63, 3.8) is 0 Å². The molecule has 0 unspecified atom stereocenters. The first-order chi connectivity index (χ1) is 15.5. The van der Waals surface area contributed by atoms with Gasteiger partial charge in [-0.05, 0) is 42.0 Å². The van der Waals surface area contributed by atoms with Crippen LogP contribution in [0.3, 0.4) is 0 Å². The molecule has 162 valence electrons. The highest BCUT2D eigenvalue weighted by atomic mass is 16.6. The van der Waals surface area contributed by atoms with Crippen LogP contribution >= 0.6 is 0 Å². The monoisotopic (exact) mass is 434 g/mol. The molecule has 0 aliphatic carbocycles. The van der Waals surface area contributed by atoms with Gasteiger partial charge in [-0.25, -0.2) is 5.43 Å². The van der Waals surface area contributed by atoms with Crippen molar-refractivity contribution >= 4 is 30.0 Å². The number of carbonyl (C=O) groups is 2. The summed E-state index contributed by atoms with van der Waals surface area (Å²) in [5.74, 6) is -0.925. The molecular formula is C22H18N4O6. The summed E-state index contributed by atoms with van der Waals surface area (Å²) in [4.78, 5) is 35.2. The molecule has 0 saturated carbocycles. The van der Waals surface area contributed by atoms with Gasteiger partial charge in [0.1, 0.15) is 16.4 Å². The summed E-state index contributed by atoms with van der Waals surface area (Å²) in [6, 6.07) is 17.7. The van der Waals surface area contributed by atoms with Crippen molar-refractivity contribution in [3.05, 3.63) is 99.4 Å². The number of ether oxygens (including phenoxy) is 1. The van der Waals surface area contributed by atoms with E-state index in [1.807, 2.05) is 0 Å². The standard InChI is InChI=1S/C22H18N4O6/c1-31-17-9-7-15(8-10-17)13-19(24-21(27)16-5-3-2-4-6-16)22(28)25-23-14-18-11-12-20(32-18)26(29)30/h2-14H,1H3,(H,24,27)(H,25,28)/b19-13+,23-14-. The Bertz CT molecular complexity index is 1170. The van der Waals surface area contributed by atoms with Crippen molar-refractivity contribution in [1.82, 2.24) is 10.7 Å². The van der Waals surface area contributed by atoms with Crippen LogP contribution in [0.5, 0.6) is 5.75 Å². The Balaban J connectivity index is 1.78. The molecule has 1 aromatic heterocycles. The quantitative estimate of drug-likeness (QED) is 0.242. The average Bonchev–Trinajstić information content (AvgIpc) is 3.29. The SMILES string of the molecule is COc1ccc(/C=C(/NC(=O)c2ccccc2)C(=O)N/N=C\c2ccc([N+](=O)[O-])o2)cc1. The van der Waals surface area contributed by atoms with Crippen LogP contribution in [0.1, 0.15) is 21.7 Å². The van der Waals surface area contributed by atoms with Gasteiger partial charge in [-0.15, -0.1) is 0 Å². The molecule has 10 nitrogen and oxygen atoms in total. The molecular weight excluding hydrogens is 416 g/mol. The molecule has 3 aromatic rings. The number of benzene rings is 2. The number of nitro groups is 1. The smallest absolute Gasteiger partial charge is 0.433 e. The van der Waals surface area contributed by atoms with Crippen LogP contribution in [0.4, 0.5) is 5.88 Å². The van der Waals surface area contributed by atoms with E-state index in [2.05, 4.69) is 15.8 Å². The zero-order chi connectivity index (χ0) is 22.9. The van der Waals surface area contributed by atoms with Crippen LogP contribution in [-0.2, 0) is 4.79 Å². The van der Waals surface area contributed by atoms with E-state index in [1.54, 1.807) is 54.6 Å². The van der Waals surface area contributed by atoms with Crippen LogP contribution in [0.25, 0.3) is 6.08 Å². The molecule has 0 aliphatic rings. The van der Waals surface area contributed by atoms with Gasteiger partial charge in [0.25, 0.3) is 11.8 Å². The largest absolute Gasteiger partial charge is 0.497 e. The normalized spacial score (nSPS) is 11.2. The first kappa shape index (κ1) is 22.0. The maximum absolute atomic E-state index is 12.7. The average molecular weight is 434 g/mol. The molecule has 0 aliphatic heterocycles. The van der Waals surface area contributed by atoms with E-state index < -0.39 is 22.6 Å². The number of hydrogen-bond acceptors (Lipinski definition) is 7. The minimum Gasteiger partial charge on any atom is -0.497 e. The Morgan fingerprint density at radius 3 is 2.41 bits per heavy atom. The van der Waals surface area contributed by atoms with Gasteiger partial charge in [-0.2, -0.15) is 5.10 Å². The summed E-state index contributed by atoms with van der Waals surface area (Å²) in [6.07, 6.45) is 2.58. The number of carbonyl (C=O) groups excluding carboxylic acids is 2. The van der Waals surface area contributed by atoms with Gasteiger partial charge in [0.05, 0.1) is 19.4 Å². The van der Waals surface area contributed by atoms with E-state index in [1.165, 1.54) is 19.3 Å². The van der Waals surface area contributed by atoms with Gasteiger partial charge in [-0.1, -0.05) is 30.3 Å². The minimum atomic E-state index is -0.706. The summed E-state index contributed by atoms with van der Waals surface area (Å²) < 4.78 is 10.0. The minimum absolute atomic E-state index is 0.0633. The second kappa shape index (κ2) is 10.3. The van der Waals surface area contributed by atoms with E-state index >= 15 is 0 Å². The van der Waals surface area contributed by atoms with Gasteiger partial charge in [0.2, 0.25) is 0 Å². The predicted octanol–water partition coefficient (Wildman–Crippen LogP) is 3.12. The molecule has 2 amide bonds. The molecule has 1 heterocycles. The van der Waals surface area contributed by atoms with E-state index in [4.69, 9.17) is 9.15 Å². The van der Waals surface area contributed by atoms with E-state index in [9.17, 15) is 19.7 Å². The first-order valence-corrected chi connectivity index (χ1v) is 9.26. The number of nitrogens with zero attached hydrogens (tertiary/aromatic N) is 2. The number of rotatable bonds is 8. The summed E-state index contributed by atoms with van der Waals surface area (Å²) in [5, 5.41) is 17.0. The van der Waals surface area contributed by atoms with E-state index in [0.29, 0.717) is 16.9 Å². The molecule has 0 spiro atoms. The lowest BCUT2D eigenvalue weighted by Gasteiger charge is -2.09. The number of methoxy groups -OCH3 is 1. The van der Waals surface area contributed by atoms with Crippen molar-refractivity contribution in [2.45, 2.75) is 0 Å². The number of furan rings is 1. The lowest BCUT2D eigenvalue weighted by atomic mass is 10.1. The Morgan fingerprint density at radius 2 is 1.78 bits per heavy atom. The van der Waals surface area contributed by atoms with Gasteiger partial charge in [0.15, 0.2) is 5.76 Å². The van der Waals surface area contributed by atoms with Crippen molar-refractivity contribution < 1.29 is 23.7 Å². The highest BCUT2D eigenvalue weighted by Gasteiger charge is 2.15. The van der Waals surface area contributed by atoms with Crippen molar-refractivity contribution in [2.24, 2.45) is 5.10 Å². The zero-order valence-electron chi connectivity index (χ0n) is 16.8. The van der Waals surface area contributed by atoms with E-state index in [0.717, 1.165) is 12.3 Å². The van der Waals surface area contributed by atoms with Crippen molar-refractivity contribution in [2.75, 3.05) is 7.11 Å². The van der Waals surface area contributed by atoms with Gasteiger partial charge in [-0.3, -0.25) is 19.7 Å². The number of hydrazone groups is 1. The highest BCUT2D eigenvalue weighted by molar-refractivity contribution is 6.05. The topological polar surface area (TPSA) is 136 Å². The van der Waals surface area contributed by atoms with Gasteiger partial charge >= 0.3 is 5.88 Å². The molecule has 0 saturated heterocycles. The third kappa shape index (κ3) is 5.89. The van der Waals surface area contributed by atoms with E-state index in [-0.39, 0.29) is 11.5 Å². The van der Waals surface area contributed by atoms with Crippen molar-refractivity contribution in [1.29, 1.82) is 0 Å². The molecule has 0 fully saturated rings. The van der Waals surface area contributed by atoms with Crippen LogP contribution in [0, 0.1) is 10.1 Å². The Labute approximate surface area is 182 Å². The molecule has 2 aromatic carbocycles. The molecule has 0 atom stereocenters. The molecule has 2 N–H and O–H groups in total. The second-order valence-corrected chi connectivity index (χ2v) is 6.28. The summed E-state index contributed by atoms with van der Waals surface area (Å²) in [5.41, 5.74) is 3.20. The Kier molecular flexibility index (Phi) is 7.10. The van der Waals surface area contributed by atoms with Gasteiger partial charge in [0, 0.05) is 5.56 Å². The molecule has 10 heteroatoms. The fourth-order valence-electron chi connectivity index (χ4n) is 2.53. The molecule has 32 heavy (non-hydrogen) atoms. The zero-order valence-corrected chi connectivity index (χ0v) is 16.8. The summed E-state index contributed by atoms with van der Waals surface area (Å²) >= 11 is 0. The van der Waals surface area contributed by atoms with Crippen LogP contribution in [-0.4, -0.2) is 30.1 Å². The number of nitrogens with one attached hydrogen (secondary N) is 2. The number of amides is 2. The lowest BCUT2D eigenvalue weighted by molar-refractivity contribution is -0.402. The highest BCUT2D eigenvalue weighted by Crippen LogP contribution is 2.15. The van der Waals surface area contributed by atoms with Crippen molar-refractivity contribution in [3.8, 4) is 5.75 Å². The van der Waals surface area contributed by atoms with Crippen LogP contribution in [0.15, 0.2) is 81.9 Å². The maximum Gasteiger partial charge on any atom is 0.433 e. The van der Waals surface area contributed by atoms with Gasteiger partial charge < -0.3 is 14.5 Å².